The third-order valence-electron chi connectivity index (χ3n) is 4.90. The number of aromatic nitrogens is 1. The molecule has 4 heteroatoms. The highest BCUT2D eigenvalue weighted by Crippen LogP contribution is 2.15. The van der Waals surface area contributed by atoms with Crippen LogP contribution in [0.1, 0.15) is 29.2 Å². The first kappa shape index (κ1) is 18.4. The van der Waals surface area contributed by atoms with Gasteiger partial charge >= 0.3 is 0 Å². The van der Waals surface area contributed by atoms with E-state index in [4.69, 9.17) is 0 Å². The minimum atomic E-state index is 0.900. The highest BCUT2D eigenvalue weighted by molar-refractivity contribution is 7.16. The number of nitrogens with zero attached hydrogens (tertiary/aromatic N) is 3. The fourth-order valence-electron chi connectivity index (χ4n) is 3.16. The Bertz CT molecular complexity index is 1190. The van der Waals surface area contributed by atoms with Crippen molar-refractivity contribution in [3.8, 4) is 0 Å². The minimum absolute atomic E-state index is 0.900. The largest absolute Gasteiger partial charge is 0.318 e. The van der Waals surface area contributed by atoms with E-state index >= 15 is 0 Å². The lowest BCUT2D eigenvalue weighted by Crippen LogP contribution is -2.09. The SMILES string of the molecule is CC(=NN=c1sc2ccccc2n1C)c1ccc(Cc2ccc(C)cc2)cc1. The van der Waals surface area contributed by atoms with Gasteiger partial charge in [0, 0.05) is 7.05 Å². The molecule has 0 saturated carbocycles. The molecule has 0 aliphatic carbocycles. The lowest BCUT2D eigenvalue weighted by Gasteiger charge is -2.04. The van der Waals surface area contributed by atoms with Gasteiger partial charge in [-0.2, -0.15) is 5.10 Å². The number of aryl methyl sites for hydroxylation is 2. The van der Waals surface area contributed by atoms with Crippen LogP contribution in [-0.4, -0.2) is 10.3 Å². The highest BCUT2D eigenvalue weighted by atomic mass is 32.1. The number of fused-ring (bicyclic) bond motifs is 1. The molecule has 3 nitrogen and oxygen atoms in total. The Morgan fingerprint density at radius 2 is 1.54 bits per heavy atom. The van der Waals surface area contributed by atoms with Crippen LogP contribution >= 0.6 is 11.3 Å². The quantitative estimate of drug-likeness (QED) is 0.330. The molecular formula is C24H23N3S. The van der Waals surface area contributed by atoms with Crippen LogP contribution in [0, 0.1) is 6.92 Å². The first-order valence-electron chi connectivity index (χ1n) is 9.38. The molecule has 0 spiro atoms. The van der Waals surface area contributed by atoms with E-state index in [1.54, 1.807) is 11.3 Å². The van der Waals surface area contributed by atoms with Gasteiger partial charge in [-0.05, 0) is 49.1 Å². The topological polar surface area (TPSA) is 29.6 Å². The van der Waals surface area contributed by atoms with Crippen molar-refractivity contribution in [2.45, 2.75) is 20.3 Å². The second-order valence-electron chi connectivity index (χ2n) is 7.06. The maximum absolute atomic E-state index is 4.49. The average Bonchev–Trinajstić information content (AvgIpc) is 3.04. The Morgan fingerprint density at radius 3 is 2.21 bits per heavy atom. The van der Waals surface area contributed by atoms with Gasteiger partial charge in [0.25, 0.3) is 0 Å². The van der Waals surface area contributed by atoms with Gasteiger partial charge in [-0.1, -0.05) is 77.6 Å². The number of para-hydroxylation sites is 1. The number of hydrogen-bond donors (Lipinski definition) is 0. The molecule has 4 rings (SSSR count). The van der Waals surface area contributed by atoms with Gasteiger partial charge in [-0.25, -0.2) is 0 Å². The van der Waals surface area contributed by atoms with E-state index in [1.165, 1.54) is 26.9 Å². The Morgan fingerprint density at radius 1 is 0.893 bits per heavy atom. The number of hydrogen-bond acceptors (Lipinski definition) is 3. The van der Waals surface area contributed by atoms with Gasteiger partial charge in [0.15, 0.2) is 0 Å². The molecule has 140 valence electrons. The van der Waals surface area contributed by atoms with Crippen molar-refractivity contribution in [3.05, 3.63) is 99.9 Å². The summed E-state index contributed by atoms with van der Waals surface area (Å²) in [6, 6.07) is 25.6. The van der Waals surface area contributed by atoms with E-state index in [0.717, 1.165) is 22.5 Å². The summed E-state index contributed by atoms with van der Waals surface area (Å²) in [6.07, 6.45) is 0.943. The maximum atomic E-state index is 4.49. The molecule has 0 aliphatic heterocycles. The van der Waals surface area contributed by atoms with Gasteiger partial charge in [0.1, 0.15) is 0 Å². The number of thiazole rings is 1. The molecule has 1 heterocycles. The van der Waals surface area contributed by atoms with E-state index in [0.29, 0.717) is 0 Å². The standard InChI is InChI=1S/C24H23N3S/c1-17-8-10-19(11-9-17)16-20-12-14-21(15-13-20)18(2)25-26-24-27(3)22-6-4-5-7-23(22)28-24/h4-15H,16H2,1-3H3. The molecule has 1 aromatic heterocycles. The van der Waals surface area contributed by atoms with Crippen LogP contribution in [-0.2, 0) is 13.5 Å². The van der Waals surface area contributed by atoms with Crippen LogP contribution in [0.2, 0.25) is 0 Å². The summed E-state index contributed by atoms with van der Waals surface area (Å²) in [6.45, 7) is 4.12. The highest BCUT2D eigenvalue weighted by Gasteiger charge is 2.02. The minimum Gasteiger partial charge on any atom is -0.318 e. The molecule has 3 aromatic carbocycles. The normalized spacial score (nSPS) is 12.7. The summed E-state index contributed by atoms with van der Waals surface area (Å²) in [7, 11) is 2.03. The maximum Gasteiger partial charge on any atom is 0.211 e. The fraction of sp³-hybridized carbons (Fsp3) is 0.167. The lowest BCUT2D eigenvalue weighted by atomic mass is 10.0. The Hall–Kier alpha value is -2.98. The van der Waals surface area contributed by atoms with Crippen LogP contribution in [0.25, 0.3) is 10.2 Å². The van der Waals surface area contributed by atoms with Gasteiger partial charge in [-0.15, -0.1) is 5.10 Å². The van der Waals surface area contributed by atoms with Crippen molar-refractivity contribution in [3.63, 3.8) is 0 Å². The van der Waals surface area contributed by atoms with Crippen molar-refractivity contribution in [2.24, 2.45) is 17.3 Å². The zero-order chi connectivity index (χ0) is 19.5. The molecule has 0 N–H and O–H groups in total. The molecule has 0 fully saturated rings. The smallest absolute Gasteiger partial charge is 0.211 e. The Balaban J connectivity index is 1.54. The molecule has 0 radical (unpaired) electrons. The molecule has 4 aromatic rings. The second kappa shape index (κ2) is 7.95. The van der Waals surface area contributed by atoms with Gasteiger partial charge in [0.2, 0.25) is 4.80 Å². The summed E-state index contributed by atoms with van der Waals surface area (Å²) in [5.41, 5.74) is 7.12. The van der Waals surface area contributed by atoms with Crippen LogP contribution in [0.4, 0.5) is 0 Å². The van der Waals surface area contributed by atoms with Crippen molar-refractivity contribution in [1.29, 1.82) is 0 Å². The van der Waals surface area contributed by atoms with Crippen molar-refractivity contribution >= 4 is 27.3 Å². The lowest BCUT2D eigenvalue weighted by molar-refractivity contribution is 0.888. The van der Waals surface area contributed by atoms with E-state index in [-0.39, 0.29) is 0 Å². The van der Waals surface area contributed by atoms with Gasteiger partial charge in [0.05, 0.1) is 15.9 Å². The molecule has 0 atom stereocenters. The van der Waals surface area contributed by atoms with Crippen LogP contribution in [0.5, 0.6) is 0 Å². The summed E-state index contributed by atoms with van der Waals surface area (Å²) >= 11 is 1.65. The second-order valence-corrected chi connectivity index (χ2v) is 8.07. The first-order chi connectivity index (χ1) is 13.6. The summed E-state index contributed by atoms with van der Waals surface area (Å²) in [5.74, 6) is 0. The third-order valence-corrected chi connectivity index (χ3v) is 6.00. The molecule has 0 unspecified atom stereocenters. The average molecular weight is 386 g/mol. The van der Waals surface area contributed by atoms with E-state index in [9.17, 15) is 0 Å². The molecule has 0 bridgehead atoms. The summed E-state index contributed by atoms with van der Waals surface area (Å²) < 4.78 is 3.30. The van der Waals surface area contributed by atoms with Crippen molar-refractivity contribution < 1.29 is 0 Å². The molecule has 0 aliphatic rings. The monoisotopic (exact) mass is 385 g/mol. The molecule has 0 saturated heterocycles. The molecule has 28 heavy (non-hydrogen) atoms. The summed E-state index contributed by atoms with van der Waals surface area (Å²) in [4.78, 5) is 0.900. The van der Waals surface area contributed by atoms with Gasteiger partial charge in [-0.3, -0.25) is 0 Å². The molecule has 0 amide bonds. The fourth-order valence-corrected chi connectivity index (χ4v) is 4.13. The van der Waals surface area contributed by atoms with Crippen LogP contribution in [0.3, 0.4) is 0 Å². The Labute approximate surface area is 169 Å². The van der Waals surface area contributed by atoms with Crippen molar-refractivity contribution in [1.82, 2.24) is 4.57 Å². The zero-order valence-corrected chi connectivity index (χ0v) is 17.2. The Kier molecular flexibility index (Phi) is 5.22. The predicted molar refractivity (Wildman–Crippen MR) is 119 cm³/mol. The van der Waals surface area contributed by atoms with E-state index in [1.807, 2.05) is 20.0 Å². The van der Waals surface area contributed by atoms with Crippen molar-refractivity contribution in [2.75, 3.05) is 0 Å². The van der Waals surface area contributed by atoms with E-state index in [2.05, 4.69) is 88.4 Å². The molecular weight excluding hydrogens is 362 g/mol. The first-order valence-corrected chi connectivity index (χ1v) is 10.2. The van der Waals surface area contributed by atoms with E-state index < -0.39 is 0 Å². The van der Waals surface area contributed by atoms with Crippen LogP contribution in [0.15, 0.2) is 83.0 Å². The number of rotatable bonds is 4. The van der Waals surface area contributed by atoms with Gasteiger partial charge < -0.3 is 4.57 Å². The van der Waals surface area contributed by atoms with Crippen LogP contribution < -0.4 is 4.80 Å². The third kappa shape index (κ3) is 3.97. The number of benzene rings is 3. The zero-order valence-electron chi connectivity index (χ0n) is 16.4. The summed E-state index contributed by atoms with van der Waals surface area (Å²) in [5, 5.41) is 8.96. The predicted octanol–water partition coefficient (Wildman–Crippen LogP) is 5.46.